The van der Waals surface area contributed by atoms with Gasteiger partial charge >= 0.3 is 0 Å². The Morgan fingerprint density at radius 1 is 1.41 bits per heavy atom. The molecule has 0 atom stereocenters. The lowest BCUT2D eigenvalue weighted by atomic mass is 10.1. The monoisotopic (exact) mass is 371 g/mol. The number of aromatic amines is 1. The maximum Gasteiger partial charge on any atom is 0.288 e. The van der Waals surface area contributed by atoms with Crippen molar-refractivity contribution in [2.24, 2.45) is 5.73 Å². The predicted molar refractivity (Wildman–Crippen MR) is 77.8 cm³/mol. The Morgan fingerprint density at radius 3 is 2.59 bits per heavy atom. The summed E-state index contributed by atoms with van der Waals surface area (Å²) in [5.41, 5.74) is 4.91. The smallest absolute Gasteiger partial charge is 0.288 e. The summed E-state index contributed by atoms with van der Waals surface area (Å²) < 4.78 is 10.4. The van der Waals surface area contributed by atoms with Crippen LogP contribution < -0.4 is 15.2 Å². The molecule has 0 aliphatic carbocycles. The predicted octanol–water partition coefficient (Wildman–Crippen LogP) is 1.26. The van der Waals surface area contributed by atoms with E-state index < -0.39 is 10.8 Å². The van der Waals surface area contributed by atoms with Gasteiger partial charge in [0.05, 0.1) is 30.8 Å². The summed E-state index contributed by atoms with van der Waals surface area (Å²) >= 11 is 3.13. The molecule has 1 heterocycles. The number of benzene rings is 1. The van der Waals surface area contributed by atoms with Crippen molar-refractivity contribution < 1.29 is 19.2 Å². The average Bonchev–Trinajstić information content (AvgIpc) is 2.95. The summed E-state index contributed by atoms with van der Waals surface area (Å²) in [5, 5.41) is 20.9. The molecule has 2 aromatic rings. The molecule has 0 aliphatic rings. The van der Waals surface area contributed by atoms with Gasteiger partial charge in [-0.3, -0.25) is 14.9 Å². The van der Waals surface area contributed by atoms with Crippen LogP contribution in [0.2, 0.25) is 0 Å². The van der Waals surface area contributed by atoms with Gasteiger partial charge in [0.1, 0.15) is 10.2 Å². The molecule has 0 unspecified atom stereocenters. The van der Waals surface area contributed by atoms with Gasteiger partial charge in [0.2, 0.25) is 0 Å². The second-order valence-electron chi connectivity index (χ2n) is 3.96. The fourth-order valence-electron chi connectivity index (χ4n) is 1.88. The highest BCUT2D eigenvalue weighted by Gasteiger charge is 2.29. The lowest BCUT2D eigenvalue weighted by Crippen LogP contribution is -2.13. The molecule has 0 fully saturated rings. The summed E-state index contributed by atoms with van der Waals surface area (Å²) in [6.45, 7) is 0. The van der Waals surface area contributed by atoms with Crippen LogP contribution in [0.5, 0.6) is 11.5 Å². The number of nitrogens with one attached hydrogen (secondary N) is 1. The third kappa shape index (κ3) is 2.45. The van der Waals surface area contributed by atoms with Crippen LogP contribution in [0, 0.1) is 10.1 Å². The van der Waals surface area contributed by atoms with E-state index in [4.69, 9.17) is 15.2 Å². The van der Waals surface area contributed by atoms with Crippen LogP contribution in [-0.2, 0) is 0 Å². The molecular weight excluding hydrogens is 362 g/mol. The van der Waals surface area contributed by atoms with E-state index in [9.17, 15) is 14.9 Å². The van der Waals surface area contributed by atoms with Crippen molar-refractivity contribution in [3.8, 4) is 22.8 Å². The van der Waals surface area contributed by atoms with Crippen molar-refractivity contribution in [1.82, 2.24) is 15.4 Å². The number of amides is 1. The number of nitro groups is 1. The fraction of sp³-hybridized carbons (Fsp3) is 0.182. The third-order valence-electron chi connectivity index (χ3n) is 2.80. The van der Waals surface area contributed by atoms with Crippen LogP contribution in [0.25, 0.3) is 11.3 Å². The van der Waals surface area contributed by atoms with Crippen LogP contribution in [0.3, 0.4) is 0 Å². The molecule has 0 bridgehead atoms. The van der Waals surface area contributed by atoms with E-state index in [-0.39, 0.29) is 38.6 Å². The number of nitro benzene ring substituents is 1. The van der Waals surface area contributed by atoms with Crippen molar-refractivity contribution in [1.29, 1.82) is 0 Å². The van der Waals surface area contributed by atoms with Gasteiger partial charge in [0.15, 0.2) is 17.2 Å². The number of hydrogen-bond acceptors (Lipinski definition) is 7. The number of primary amides is 1. The number of ether oxygens (including phenoxy) is 2. The highest BCUT2D eigenvalue weighted by atomic mass is 79.9. The van der Waals surface area contributed by atoms with Gasteiger partial charge in [-0.05, 0) is 15.9 Å². The van der Waals surface area contributed by atoms with E-state index in [0.29, 0.717) is 0 Å². The van der Waals surface area contributed by atoms with Gasteiger partial charge in [0, 0.05) is 0 Å². The quantitative estimate of drug-likeness (QED) is 0.593. The van der Waals surface area contributed by atoms with E-state index in [1.54, 1.807) is 0 Å². The number of halogens is 1. The number of nitrogens with two attached hydrogens (primary N) is 1. The first-order valence-electron chi connectivity index (χ1n) is 5.72. The molecule has 11 heteroatoms. The van der Waals surface area contributed by atoms with Crippen molar-refractivity contribution in [2.75, 3.05) is 14.2 Å². The largest absolute Gasteiger partial charge is 0.493 e. The summed E-state index contributed by atoms with van der Waals surface area (Å²) in [4.78, 5) is 22.0. The number of carbonyl (C=O) groups is 1. The summed E-state index contributed by atoms with van der Waals surface area (Å²) in [6.07, 6.45) is 0. The second-order valence-corrected chi connectivity index (χ2v) is 4.76. The molecule has 0 radical (unpaired) electrons. The average molecular weight is 372 g/mol. The Labute approximate surface area is 131 Å². The van der Waals surface area contributed by atoms with Crippen LogP contribution in [0.15, 0.2) is 10.5 Å². The SMILES string of the molecule is COc1cc([N+](=O)[O-])c(Br)c(-c2n[nH]nc2C(N)=O)c1OC. The first-order valence-corrected chi connectivity index (χ1v) is 6.51. The van der Waals surface area contributed by atoms with Crippen molar-refractivity contribution in [3.05, 3.63) is 26.3 Å². The first-order chi connectivity index (χ1) is 10.4. The summed E-state index contributed by atoms with van der Waals surface area (Å²) in [5.74, 6) is -0.592. The van der Waals surface area contributed by atoms with E-state index >= 15 is 0 Å². The minimum Gasteiger partial charge on any atom is -0.493 e. The molecule has 0 spiro atoms. The van der Waals surface area contributed by atoms with Crippen LogP contribution in [0.1, 0.15) is 10.5 Å². The molecule has 1 amide bonds. The van der Waals surface area contributed by atoms with Crippen LogP contribution in [-0.4, -0.2) is 40.5 Å². The molecular formula is C11H10BrN5O5. The zero-order chi connectivity index (χ0) is 16.4. The minimum atomic E-state index is -0.844. The number of aromatic nitrogens is 3. The molecule has 1 aromatic heterocycles. The van der Waals surface area contributed by atoms with Gasteiger partial charge in [0.25, 0.3) is 11.6 Å². The Bertz CT molecular complexity index is 760. The number of rotatable bonds is 5. The van der Waals surface area contributed by atoms with E-state index in [1.807, 2.05) is 0 Å². The van der Waals surface area contributed by atoms with E-state index in [2.05, 4.69) is 31.3 Å². The van der Waals surface area contributed by atoms with Gasteiger partial charge in [-0.1, -0.05) is 0 Å². The molecule has 116 valence electrons. The molecule has 0 saturated heterocycles. The summed E-state index contributed by atoms with van der Waals surface area (Å²) in [7, 11) is 2.68. The fourth-order valence-corrected chi connectivity index (χ4v) is 2.51. The first kappa shape index (κ1) is 15.7. The molecule has 1 aromatic carbocycles. The Morgan fingerprint density at radius 2 is 2.09 bits per heavy atom. The van der Waals surface area contributed by atoms with Gasteiger partial charge in [-0.25, -0.2) is 0 Å². The topological polar surface area (TPSA) is 146 Å². The van der Waals surface area contributed by atoms with Crippen molar-refractivity contribution in [2.45, 2.75) is 0 Å². The maximum absolute atomic E-state index is 11.4. The van der Waals surface area contributed by atoms with Crippen LogP contribution in [0.4, 0.5) is 5.69 Å². The molecule has 10 nitrogen and oxygen atoms in total. The minimum absolute atomic E-state index is 0.0122. The van der Waals surface area contributed by atoms with Gasteiger partial charge < -0.3 is 15.2 Å². The number of nitrogens with zero attached hydrogens (tertiary/aromatic N) is 3. The number of methoxy groups -OCH3 is 2. The Hall–Kier alpha value is -2.69. The Kier molecular flexibility index (Phi) is 4.26. The number of H-pyrrole nitrogens is 1. The molecule has 3 N–H and O–H groups in total. The summed E-state index contributed by atoms with van der Waals surface area (Å²) in [6, 6.07) is 1.19. The number of hydrogen-bond donors (Lipinski definition) is 2. The zero-order valence-electron chi connectivity index (χ0n) is 11.4. The highest BCUT2D eigenvalue weighted by Crippen LogP contribution is 2.47. The second kappa shape index (κ2) is 5.97. The van der Waals surface area contributed by atoms with Gasteiger partial charge in [-0.15, -0.1) is 0 Å². The van der Waals surface area contributed by atoms with Crippen LogP contribution >= 0.6 is 15.9 Å². The third-order valence-corrected chi connectivity index (χ3v) is 3.60. The highest BCUT2D eigenvalue weighted by molar-refractivity contribution is 9.10. The van der Waals surface area contributed by atoms with E-state index in [0.717, 1.165) is 0 Å². The van der Waals surface area contributed by atoms with E-state index in [1.165, 1.54) is 20.3 Å². The molecule has 0 aliphatic heterocycles. The lowest BCUT2D eigenvalue weighted by Gasteiger charge is -2.13. The molecule has 2 rings (SSSR count). The normalized spacial score (nSPS) is 10.3. The zero-order valence-corrected chi connectivity index (χ0v) is 13.0. The van der Waals surface area contributed by atoms with Crippen molar-refractivity contribution in [3.63, 3.8) is 0 Å². The Balaban J connectivity index is 2.88. The standard InChI is InChI=1S/C11H10BrN5O5/c1-21-5-3-4(17(19)20)7(12)6(10(5)22-2)8-9(11(13)18)15-16-14-8/h3H,1-2H3,(H2,13,18)(H,14,15,16). The maximum atomic E-state index is 11.4. The lowest BCUT2D eigenvalue weighted by molar-refractivity contribution is -0.385. The van der Waals surface area contributed by atoms with Gasteiger partial charge in [-0.2, -0.15) is 15.4 Å². The number of carbonyl (C=O) groups excluding carboxylic acids is 1. The molecule has 22 heavy (non-hydrogen) atoms. The molecule has 0 saturated carbocycles. The van der Waals surface area contributed by atoms with Crippen molar-refractivity contribution >= 4 is 27.5 Å².